The van der Waals surface area contributed by atoms with Crippen molar-refractivity contribution < 1.29 is 9.53 Å². The first-order valence-corrected chi connectivity index (χ1v) is 5.08. The van der Waals surface area contributed by atoms with Gasteiger partial charge in [0, 0.05) is 6.42 Å². The number of para-hydroxylation sites is 1. The van der Waals surface area contributed by atoms with Crippen LogP contribution in [0.3, 0.4) is 0 Å². The number of hydrogen-bond donors (Lipinski definition) is 0. The van der Waals surface area contributed by atoms with Crippen LogP contribution in [0.25, 0.3) is 0 Å². The van der Waals surface area contributed by atoms with Crippen LogP contribution < -0.4 is 4.74 Å². The first-order chi connectivity index (χ1) is 6.81. The van der Waals surface area contributed by atoms with Gasteiger partial charge in [0.1, 0.15) is 5.75 Å². The first-order valence-electron chi connectivity index (χ1n) is 5.08. The Labute approximate surface area is 83.9 Å². The molecule has 0 saturated heterocycles. The van der Waals surface area contributed by atoms with Gasteiger partial charge in [-0.15, -0.1) is 0 Å². The second-order valence-electron chi connectivity index (χ2n) is 3.57. The van der Waals surface area contributed by atoms with Crippen molar-refractivity contribution in [3.05, 3.63) is 29.8 Å². The Morgan fingerprint density at radius 2 is 2.29 bits per heavy atom. The van der Waals surface area contributed by atoms with Gasteiger partial charge in [-0.1, -0.05) is 25.1 Å². The Morgan fingerprint density at radius 3 is 3.07 bits per heavy atom. The minimum atomic E-state index is -0.213. The van der Waals surface area contributed by atoms with Crippen molar-refractivity contribution in [3.63, 3.8) is 0 Å². The van der Waals surface area contributed by atoms with Crippen LogP contribution in [-0.2, 0) is 11.2 Å². The van der Waals surface area contributed by atoms with E-state index in [1.807, 2.05) is 25.1 Å². The van der Waals surface area contributed by atoms with Crippen molar-refractivity contribution in [1.29, 1.82) is 0 Å². The van der Waals surface area contributed by atoms with Crippen LogP contribution in [0.15, 0.2) is 24.3 Å². The average molecular weight is 190 g/mol. The summed E-state index contributed by atoms with van der Waals surface area (Å²) in [6.07, 6.45) is 2.12. The number of rotatable bonds is 2. The maximum Gasteiger partial charge on any atom is 0.173 e. The molecule has 0 bridgehead atoms. The highest BCUT2D eigenvalue weighted by Gasteiger charge is 2.23. The highest BCUT2D eigenvalue weighted by molar-refractivity contribution is 5.83. The molecule has 0 fully saturated rings. The lowest BCUT2D eigenvalue weighted by Gasteiger charge is -2.24. The summed E-state index contributed by atoms with van der Waals surface area (Å²) >= 11 is 0. The summed E-state index contributed by atoms with van der Waals surface area (Å²) in [7, 11) is 0. The molecule has 1 aliphatic heterocycles. The largest absolute Gasteiger partial charge is 0.482 e. The van der Waals surface area contributed by atoms with E-state index in [9.17, 15) is 4.79 Å². The minimum Gasteiger partial charge on any atom is -0.482 e. The Balaban J connectivity index is 2.17. The monoisotopic (exact) mass is 190 g/mol. The van der Waals surface area contributed by atoms with Gasteiger partial charge < -0.3 is 4.74 Å². The SMILES string of the molecule is CCC(=O)C1CCc2ccccc2O1. The number of Topliss-reactive ketones (excluding diaryl/α,β-unsaturated/α-hetero) is 1. The van der Waals surface area contributed by atoms with Crippen molar-refractivity contribution >= 4 is 5.78 Å². The van der Waals surface area contributed by atoms with Gasteiger partial charge in [0.15, 0.2) is 11.9 Å². The van der Waals surface area contributed by atoms with Crippen LogP contribution in [0.5, 0.6) is 5.75 Å². The standard InChI is InChI=1S/C12H14O2/c1-2-10(13)12-8-7-9-5-3-4-6-11(9)14-12/h3-6,12H,2,7-8H2,1H3. The van der Waals surface area contributed by atoms with Crippen LogP contribution in [0.1, 0.15) is 25.3 Å². The number of aryl methyl sites for hydroxylation is 1. The molecule has 1 atom stereocenters. The molecule has 1 aromatic rings. The second kappa shape index (κ2) is 3.82. The first kappa shape index (κ1) is 9.25. The van der Waals surface area contributed by atoms with E-state index in [2.05, 4.69) is 6.07 Å². The lowest BCUT2D eigenvalue weighted by Crippen LogP contribution is -2.30. The number of ketones is 1. The van der Waals surface area contributed by atoms with Gasteiger partial charge >= 0.3 is 0 Å². The Hall–Kier alpha value is -1.31. The number of carbonyl (C=O) groups is 1. The molecule has 0 aromatic heterocycles. The third-order valence-electron chi connectivity index (χ3n) is 2.63. The van der Waals surface area contributed by atoms with Crippen LogP contribution in [0, 0.1) is 0 Å². The number of hydrogen-bond acceptors (Lipinski definition) is 2. The maximum absolute atomic E-state index is 11.5. The van der Waals surface area contributed by atoms with Gasteiger partial charge in [-0.2, -0.15) is 0 Å². The number of ether oxygens (including phenoxy) is 1. The van der Waals surface area contributed by atoms with E-state index in [0.29, 0.717) is 6.42 Å². The van der Waals surface area contributed by atoms with Gasteiger partial charge in [-0.3, -0.25) is 4.79 Å². The molecule has 1 aromatic carbocycles. The molecule has 1 aliphatic rings. The van der Waals surface area contributed by atoms with E-state index >= 15 is 0 Å². The van der Waals surface area contributed by atoms with Crippen LogP contribution >= 0.6 is 0 Å². The van der Waals surface area contributed by atoms with Crippen molar-refractivity contribution in [2.45, 2.75) is 32.3 Å². The molecule has 0 N–H and O–H groups in total. The molecular weight excluding hydrogens is 176 g/mol. The van der Waals surface area contributed by atoms with E-state index in [1.165, 1.54) is 5.56 Å². The van der Waals surface area contributed by atoms with E-state index in [4.69, 9.17) is 4.74 Å². The second-order valence-corrected chi connectivity index (χ2v) is 3.57. The molecule has 0 saturated carbocycles. The predicted molar refractivity (Wildman–Crippen MR) is 54.5 cm³/mol. The molecule has 2 rings (SSSR count). The van der Waals surface area contributed by atoms with Gasteiger partial charge in [0.2, 0.25) is 0 Å². The van der Waals surface area contributed by atoms with E-state index in [-0.39, 0.29) is 11.9 Å². The van der Waals surface area contributed by atoms with Gasteiger partial charge in [0.25, 0.3) is 0 Å². The van der Waals surface area contributed by atoms with E-state index in [1.54, 1.807) is 0 Å². The molecule has 0 amide bonds. The molecule has 1 heterocycles. The lowest BCUT2D eigenvalue weighted by atomic mass is 9.99. The zero-order valence-corrected chi connectivity index (χ0v) is 8.32. The molecule has 0 aliphatic carbocycles. The van der Waals surface area contributed by atoms with Gasteiger partial charge in [-0.25, -0.2) is 0 Å². The maximum atomic E-state index is 11.5. The normalized spacial score (nSPS) is 19.6. The zero-order chi connectivity index (χ0) is 9.97. The highest BCUT2D eigenvalue weighted by Crippen LogP contribution is 2.27. The molecule has 2 nitrogen and oxygen atoms in total. The zero-order valence-electron chi connectivity index (χ0n) is 8.32. The summed E-state index contributed by atoms with van der Waals surface area (Å²) in [5, 5.41) is 0. The van der Waals surface area contributed by atoms with E-state index < -0.39 is 0 Å². The molecule has 0 radical (unpaired) electrons. The Kier molecular flexibility index (Phi) is 2.53. The molecule has 2 heteroatoms. The molecule has 1 unspecified atom stereocenters. The third-order valence-corrected chi connectivity index (χ3v) is 2.63. The minimum absolute atomic E-state index is 0.208. The average Bonchev–Trinajstić information content (AvgIpc) is 2.27. The summed E-state index contributed by atoms with van der Waals surface area (Å²) in [4.78, 5) is 11.5. The summed E-state index contributed by atoms with van der Waals surface area (Å²) < 4.78 is 5.64. The quantitative estimate of drug-likeness (QED) is 0.715. The van der Waals surface area contributed by atoms with E-state index in [0.717, 1.165) is 18.6 Å². The Morgan fingerprint density at radius 1 is 1.50 bits per heavy atom. The fourth-order valence-corrected chi connectivity index (χ4v) is 1.78. The Bertz CT molecular complexity index is 344. The fraction of sp³-hybridized carbons (Fsp3) is 0.417. The fourth-order valence-electron chi connectivity index (χ4n) is 1.78. The lowest BCUT2D eigenvalue weighted by molar-refractivity contribution is -0.126. The van der Waals surface area contributed by atoms with Crippen LogP contribution in [0.4, 0.5) is 0 Å². The summed E-state index contributed by atoms with van der Waals surface area (Å²) in [5.41, 5.74) is 1.22. The van der Waals surface area contributed by atoms with Crippen molar-refractivity contribution in [1.82, 2.24) is 0 Å². The van der Waals surface area contributed by atoms with Crippen LogP contribution in [0.2, 0.25) is 0 Å². The molecular formula is C12H14O2. The summed E-state index contributed by atoms with van der Waals surface area (Å²) in [6, 6.07) is 7.94. The molecule has 74 valence electrons. The topological polar surface area (TPSA) is 26.3 Å². The number of carbonyl (C=O) groups excluding carboxylic acids is 1. The summed E-state index contributed by atoms with van der Waals surface area (Å²) in [5.74, 6) is 1.09. The highest BCUT2D eigenvalue weighted by atomic mass is 16.5. The number of fused-ring (bicyclic) bond motifs is 1. The molecule has 14 heavy (non-hydrogen) atoms. The smallest absolute Gasteiger partial charge is 0.173 e. The summed E-state index contributed by atoms with van der Waals surface area (Å²) in [6.45, 7) is 1.88. The third kappa shape index (κ3) is 1.65. The number of benzene rings is 1. The van der Waals surface area contributed by atoms with Gasteiger partial charge in [-0.05, 0) is 24.5 Å². The molecule has 0 spiro atoms. The van der Waals surface area contributed by atoms with Crippen molar-refractivity contribution in [2.24, 2.45) is 0 Å². The van der Waals surface area contributed by atoms with Gasteiger partial charge in [0.05, 0.1) is 0 Å². The van der Waals surface area contributed by atoms with Crippen molar-refractivity contribution in [2.75, 3.05) is 0 Å². The predicted octanol–water partition coefficient (Wildman–Crippen LogP) is 2.36. The van der Waals surface area contributed by atoms with Crippen LogP contribution in [-0.4, -0.2) is 11.9 Å². The van der Waals surface area contributed by atoms with Crippen molar-refractivity contribution in [3.8, 4) is 5.75 Å².